The van der Waals surface area contributed by atoms with Gasteiger partial charge >= 0.3 is 5.97 Å². The number of ether oxygens (including phenoxy) is 6. The average Bonchev–Trinajstić information content (AvgIpc) is 3.67. The van der Waals surface area contributed by atoms with Crippen molar-refractivity contribution in [3.63, 3.8) is 0 Å². The molecule has 3 atom stereocenters. The SMILES string of the molecule is COC(=O)CC1COc2cc(O[C@@H]3CCc4c(Oc5ccnc(O[C@H]6CCOC6)c5)ccc(F)c43)ccc21. The Hall–Kier alpha value is -3.85. The summed E-state index contributed by atoms with van der Waals surface area (Å²) < 4.78 is 49.2. The van der Waals surface area contributed by atoms with Gasteiger partial charge in [0.25, 0.3) is 0 Å². The number of rotatable bonds is 8. The summed E-state index contributed by atoms with van der Waals surface area (Å²) in [5.41, 5.74) is 2.23. The van der Waals surface area contributed by atoms with E-state index in [1.54, 1.807) is 30.5 Å². The van der Waals surface area contributed by atoms with Gasteiger partial charge in [0.1, 0.15) is 41.0 Å². The molecule has 1 fully saturated rings. The Morgan fingerprint density at radius 1 is 1.08 bits per heavy atom. The first-order chi connectivity index (χ1) is 18.6. The van der Waals surface area contributed by atoms with E-state index in [1.165, 1.54) is 13.2 Å². The molecule has 9 heteroatoms. The van der Waals surface area contributed by atoms with E-state index in [9.17, 15) is 4.79 Å². The molecule has 2 aromatic carbocycles. The zero-order valence-corrected chi connectivity index (χ0v) is 21.0. The molecule has 198 valence electrons. The van der Waals surface area contributed by atoms with Gasteiger partial charge in [-0.3, -0.25) is 4.79 Å². The van der Waals surface area contributed by atoms with Crippen molar-refractivity contribution >= 4 is 5.97 Å². The van der Waals surface area contributed by atoms with Gasteiger partial charge in [-0.1, -0.05) is 6.07 Å². The highest BCUT2D eigenvalue weighted by Crippen LogP contribution is 2.44. The fourth-order valence-corrected chi connectivity index (χ4v) is 5.23. The minimum Gasteiger partial charge on any atom is -0.492 e. The fraction of sp³-hybridized carbons (Fsp3) is 0.379. The van der Waals surface area contributed by atoms with Gasteiger partial charge in [-0.15, -0.1) is 0 Å². The highest BCUT2D eigenvalue weighted by atomic mass is 19.1. The van der Waals surface area contributed by atoms with Crippen LogP contribution in [-0.2, 0) is 20.7 Å². The molecule has 1 aliphatic carbocycles. The van der Waals surface area contributed by atoms with Gasteiger partial charge in [0.05, 0.1) is 33.4 Å². The number of aromatic nitrogens is 1. The second-order valence-electron chi connectivity index (χ2n) is 9.61. The third kappa shape index (κ3) is 4.98. The molecule has 0 amide bonds. The lowest BCUT2D eigenvalue weighted by molar-refractivity contribution is -0.141. The number of carbonyl (C=O) groups is 1. The number of esters is 1. The highest BCUT2D eigenvalue weighted by Gasteiger charge is 2.32. The number of pyridine rings is 1. The Bertz CT molecular complexity index is 1340. The van der Waals surface area contributed by atoms with E-state index < -0.39 is 6.10 Å². The molecule has 0 saturated carbocycles. The number of hydrogen-bond acceptors (Lipinski definition) is 8. The molecule has 2 aliphatic heterocycles. The summed E-state index contributed by atoms with van der Waals surface area (Å²) in [4.78, 5) is 16.0. The van der Waals surface area contributed by atoms with Crippen molar-refractivity contribution in [3.05, 3.63) is 71.2 Å². The van der Waals surface area contributed by atoms with Crippen molar-refractivity contribution in [2.75, 3.05) is 26.9 Å². The third-order valence-corrected chi connectivity index (χ3v) is 7.13. The molecular weight excluding hydrogens is 493 g/mol. The van der Waals surface area contributed by atoms with Crippen LogP contribution in [0.2, 0.25) is 0 Å². The zero-order valence-electron chi connectivity index (χ0n) is 21.0. The standard InChI is InChI=1S/C29H28FNO7/c1-33-28(32)12-17-15-35-26-13-18(2-3-21(17)26)37-25-6-4-22-24(7-5-23(30)29(22)25)36-19-8-10-31-27(14-19)38-20-9-11-34-16-20/h2-3,5,7-8,10,13-14,17,20,25H,4,6,9,11-12,15-16H2,1H3/t17?,20-,25+/m0/s1. The normalized spacial score (nSPS) is 21.4. The fourth-order valence-electron chi connectivity index (χ4n) is 5.23. The van der Waals surface area contributed by atoms with Gasteiger partial charge in [-0.25, -0.2) is 9.37 Å². The maximum absolute atomic E-state index is 15.0. The van der Waals surface area contributed by atoms with E-state index in [-0.39, 0.29) is 30.2 Å². The van der Waals surface area contributed by atoms with Crippen LogP contribution in [0.15, 0.2) is 48.7 Å². The van der Waals surface area contributed by atoms with E-state index in [4.69, 9.17) is 28.4 Å². The van der Waals surface area contributed by atoms with Crippen molar-refractivity contribution < 1.29 is 37.6 Å². The monoisotopic (exact) mass is 521 g/mol. The molecule has 0 radical (unpaired) electrons. The summed E-state index contributed by atoms with van der Waals surface area (Å²) in [6, 6.07) is 12.1. The van der Waals surface area contributed by atoms with Gasteiger partial charge in [-0.05, 0) is 37.1 Å². The number of carbonyl (C=O) groups excluding carboxylic acids is 1. The third-order valence-electron chi connectivity index (χ3n) is 7.13. The Morgan fingerprint density at radius 3 is 2.84 bits per heavy atom. The number of methoxy groups -OCH3 is 1. The molecule has 3 aromatic rings. The molecule has 1 aromatic heterocycles. The van der Waals surface area contributed by atoms with Gasteiger partial charge in [0, 0.05) is 47.4 Å². The summed E-state index contributed by atoms with van der Waals surface area (Å²) in [6.45, 7) is 1.63. The van der Waals surface area contributed by atoms with Crippen LogP contribution < -0.4 is 18.9 Å². The number of halogens is 1. The summed E-state index contributed by atoms with van der Waals surface area (Å²) in [6.07, 6.45) is 3.46. The molecule has 8 nitrogen and oxygen atoms in total. The minimum absolute atomic E-state index is 0.0194. The molecule has 6 rings (SSSR count). The largest absolute Gasteiger partial charge is 0.492 e. The first kappa shape index (κ1) is 24.5. The first-order valence-corrected chi connectivity index (χ1v) is 12.8. The summed E-state index contributed by atoms with van der Waals surface area (Å²) in [5, 5.41) is 0. The van der Waals surface area contributed by atoms with Crippen LogP contribution in [0.25, 0.3) is 0 Å². The first-order valence-electron chi connectivity index (χ1n) is 12.8. The molecule has 1 saturated heterocycles. The lowest BCUT2D eigenvalue weighted by atomic mass is 9.98. The second-order valence-corrected chi connectivity index (χ2v) is 9.61. The Kier molecular flexibility index (Phi) is 6.76. The number of nitrogens with zero attached hydrogens (tertiary/aromatic N) is 1. The van der Waals surface area contributed by atoms with E-state index in [0.717, 1.165) is 17.5 Å². The summed E-state index contributed by atoms with van der Waals surface area (Å²) in [7, 11) is 1.38. The molecule has 3 heterocycles. The highest BCUT2D eigenvalue weighted by molar-refractivity contribution is 5.71. The average molecular weight is 522 g/mol. The summed E-state index contributed by atoms with van der Waals surface area (Å²) in [5.74, 6) is 2.20. The van der Waals surface area contributed by atoms with Gasteiger partial charge in [0.15, 0.2) is 0 Å². The van der Waals surface area contributed by atoms with Gasteiger partial charge in [0.2, 0.25) is 5.88 Å². The van der Waals surface area contributed by atoms with E-state index in [1.807, 2.05) is 12.1 Å². The lowest BCUT2D eigenvalue weighted by Crippen LogP contribution is -2.16. The molecule has 0 spiro atoms. The molecule has 38 heavy (non-hydrogen) atoms. The Balaban J connectivity index is 1.17. The molecule has 1 unspecified atom stereocenters. The quantitative estimate of drug-likeness (QED) is 0.370. The molecule has 0 N–H and O–H groups in total. The lowest BCUT2D eigenvalue weighted by Gasteiger charge is -2.17. The van der Waals surface area contributed by atoms with Crippen molar-refractivity contribution in [1.29, 1.82) is 0 Å². The van der Waals surface area contributed by atoms with E-state index >= 15 is 4.39 Å². The van der Waals surface area contributed by atoms with Crippen LogP contribution in [0.5, 0.6) is 28.9 Å². The van der Waals surface area contributed by atoms with E-state index in [2.05, 4.69) is 4.98 Å². The maximum Gasteiger partial charge on any atom is 0.306 e. The number of hydrogen-bond donors (Lipinski definition) is 0. The van der Waals surface area contributed by atoms with Crippen molar-refractivity contribution in [2.45, 2.75) is 43.8 Å². The summed E-state index contributed by atoms with van der Waals surface area (Å²) >= 11 is 0. The van der Waals surface area contributed by atoms with Crippen molar-refractivity contribution in [1.82, 2.24) is 4.98 Å². The van der Waals surface area contributed by atoms with Crippen LogP contribution in [-0.4, -0.2) is 44.0 Å². The van der Waals surface area contributed by atoms with Crippen molar-refractivity contribution in [3.8, 4) is 28.9 Å². The predicted octanol–water partition coefficient (Wildman–Crippen LogP) is 5.29. The molecular formula is C29H28FNO7. The Labute approximate surface area is 219 Å². The van der Waals surface area contributed by atoms with Crippen LogP contribution in [0.3, 0.4) is 0 Å². The number of benzene rings is 2. The predicted molar refractivity (Wildman–Crippen MR) is 134 cm³/mol. The maximum atomic E-state index is 15.0. The minimum atomic E-state index is -0.461. The van der Waals surface area contributed by atoms with Crippen LogP contribution in [0, 0.1) is 5.82 Å². The van der Waals surface area contributed by atoms with Gasteiger partial charge in [-0.2, -0.15) is 0 Å². The van der Waals surface area contributed by atoms with Crippen LogP contribution in [0.1, 0.15) is 48.0 Å². The topological polar surface area (TPSA) is 85.3 Å². The molecule has 0 bridgehead atoms. The van der Waals surface area contributed by atoms with Crippen LogP contribution >= 0.6 is 0 Å². The zero-order chi connectivity index (χ0) is 26.1. The smallest absolute Gasteiger partial charge is 0.306 e. The van der Waals surface area contributed by atoms with Gasteiger partial charge < -0.3 is 28.4 Å². The number of fused-ring (bicyclic) bond motifs is 2. The van der Waals surface area contributed by atoms with Crippen molar-refractivity contribution in [2.24, 2.45) is 0 Å². The van der Waals surface area contributed by atoms with Crippen LogP contribution in [0.4, 0.5) is 4.39 Å². The van der Waals surface area contributed by atoms with E-state index in [0.29, 0.717) is 67.1 Å². The molecule has 3 aliphatic rings. The second kappa shape index (κ2) is 10.5. The Morgan fingerprint density at radius 2 is 2.00 bits per heavy atom.